The maximum Gasteiger partial charge on any atom is 0.257 e. The van der Waals surface area contributed by atoms with E-state index in [1.165, 1.54) is 12.0 Å². The summed E-state index contributed by atoms with van der Waals surface area (Å²) >= 11 is 0. The van der Waals surface area contributed by atoms with Crippen LogP contribution in [0.4, 0.5) is 5.69 Å². The monoisotopic (exact) mass is 452 g/mol. The Morgan fingerprint density at radius 2 is 1.94 bits per heavy atom. The first-order chi connectivity index (χ1) is 16.0. The molecule has 2 heterocycles. The van der Waals surface area contributed by atoms with Crippen LogP contribution in [0.5, 0.6) is 11.5 Å². The molecule has 0 aliphatic carbocycles. The molecule has 4 rings (SSSR count). The largest absolute Gasteiger partial charge is 0.497 e. The van der Waals surface area contributed by atoms with Crippen LogP contribution >= 0.6 is 0 Å². The Labute approximate surface area is 193 Å². The molecule has 2 aliphatic rings. The number of benzene rings is 2. The van der Waals surface area contributed by atoms with Gasteiger partial charge in [0, 0.05) is 18.7 Å². The van der Waals surface area contributed by atoms with E-state index in [1.807, 2.05) is 6.92 Å². The molecule has 8 nitrogen and oxygen atoms in total. The molecule has 0 aromatic heterocycles. The summed E-state index contributed by atoms with van der Waals surface area (Å²) in [7, 11) is 1.53. The predicted molar refractivity (Wildman–Crippen MR) is 122 cm³/mol. The standard InChI is InChI=1S/C25H28N2O6/c1-3-32-19-11-9-18(10-12-19)27-23(28)15-22(25(27)30)26(16-21-8-5-13-33-21)24(29)17-6-4-7-20(14-17)31-2/h4,6-7,9-12,14,21-22H,3,5,8,13,15-16H2,1-2H3. The van der Waals surface area contributed by atoms with Gasteiger partial charge >= 0.3 is 0 Å². The van der Waals surface area contributed by atoms with Gasteiger partial charge < -0.3 is 19.1 Å². The molecule has 2 atom stereocenters. The topological polar surface area (TPSA) is 85.4 Å². The number of imide groups is 1. The van der Waals surface area contributed by atoms with Gasteiger partial charge in [0.05, 0.1) is 31.9 Å². The number of carbonyl (C=O) groups is 3. The number of nitrogens with zero attached hydrogens (tertiary/aromatic N) is 2. The van der Waals surface area contributed by atoms with Crippen molar-refractivity contribution in [2.24, 2.45) is 0 Å². The lowest BCUT2D eigenvalue weighted by Crippen LogP contribution is -2.48. The highest BCUT2D eigenvalue weighted by Crippen LogP contribution is 2.29. The number of hydrogen-bond acceptors (Lipinski definition) is 6. The molecule has 2 saturated heterocycles. The number of ether oxygens (including phenoxy) is 3. The molecule has 174 valence electrons. The van der Waals surface area contributed by atoms with Crippen molar-refractivity contribution >= 4 is 23.4 Å². The van der Waals surface area contributed by atoms with Gasteiger partial charge in [0.1, 0.15) is 17.5 Å². The second-order valence-corrected chi connectivity index (χ2v) is 8.04. The molecular weight excluding hydrogens is 424 g/mol. The molecule has 0 radical (unpaired) electrons. The summed E-state index contributed by atoms with van der Waals surface area (Å²) < 4.78 is 16.4. The van der Waals surface area contributed by atoms with Crippen LogP contribution in [-0.4, -0.2) is 61.6 Å². The van der Waals surface area contributed by atoms with Crippen molar-refractivity contribution in [3.05, 3.63) is 54.1 Å². The Hall–Kier alpha value is -3.39. The fraction of sp³-hybridized carbons (Fsp3) is 0.400. The highest BCUT2D eigenvalue weighted by molar-refractivity contribution is 6.23. The van der Waals surface area contributed by atoms with Crippen LogP contribution in [0.1, 0.15) is 36.5 Å². The third kappa shape index (κ3) is 4.85. The summed E-state index contributed by atoms with van der Waals surface area (Å²) in [5, 5.41) is 0. The van der Waals surface area contributed by atoms with Gasteiger partial charge in [0.2, 0.25) is 5.91 Å². The first kappa shape index (κ1) is 22.8. The molecule has 0 spiro atoms. The van der Waals surface area contributed by atoms with Crippen molar-refractivity contribution in [1.29, 1.82) is 0 Å². The molecule has 33 heavy (non-hydrogen) atoms. The number of rotatable bonds is 8. The fourth-order valence-electron chi connectivity index (χ4n) is 4.27. The lowest BCUT2D eigenvalue weighted by molar-refractivity contribution is -0.122. The molecule has 8 heteroatoms. The minimum atomic E-state index is -0.896. The van der Waals surface area contributed by atoms with Gasteiger partial charge in [-0.1, -0.05) is 6.07 Å². The van der Waals surface area contributed by atoms with E-state index in [0.29, 0.717) is 36.0 Å². The lowest BCUT2D eigenvalue weighted by Gasteiger charge is -2.30. The first-order valence-electron chi connectivity index (χ1n) is 11.2. The number of amides is 3. The molecule has 2 unspecified atom stereocenters. The average molecular weight is 453 g/mol. The van der Waals surface area contributed by atoms with Crippen LogP contribution in [0.15, 0.2) is 48.5 Å². The van der Waals surface area contributed by atoms with Crippen molar-refractivity contribution < 1.29 is 28.6 Å². The fourth-order valence-corrected chi connectivity index (χ4v) is 4.27. The second-order valence-electron chi connectivity index (χ2n) is 8.04. The van der Waals surface area contributed by atoms with Crippen molar-refractivity contribution in [2.45, 2.75) is 38.3 Å². The molecule has 0 saturated carbocycles. The maximum atomic E-state index is 13.5. The van der Waals surface area contributed by atoms with Crippen LogP contribution in [0, 0.1) is 0 Å². The van der Waals surface area contributed by atoms with E-state index in [0.717, 1.165) is 17.7 Å². The smallest absolute Gasteiger partial charge is 0.257 e. The minimum Gasteiger partial charge on any atom is -0.497 e. The highest BCUT2D eigenvalue weighted by Gasteiger charge is 2.45. The number of carbonyl (C=O) groups excluding carboxylic acids is 3. The normalized spacial score (nSPS) is 20.2. The lowest BCUT2D eigenvalue weighted by atomic mass is 10.1. The Balaban J connectivity index is 1.61. The van der Waals surface area contributed by atoms with E-state index < -0.39 is 11.9 Å². The summed E-state index contributed by atoms with van der Waals surface area (Å²) in [6, 6.07) is 12.7. The first-order valence-corrected chi connectivity index (χ1v) is 11.2. The summed E-state index contributed by atoms with van der Waals surface area (Å²) in [5.41, 5.74) is 0.856. The van der Waals surface area contributed by atoms with Gasteiger partial charge in [0.15, 0.2) is 0 Å². The van der Waals surface area contributed by atoms with Crippen LogP contribution in [-0.2, 0) is 14.3 Å². The SMILES string of the molecule is CCOc1ccc(N2C(=O)CC(N(CC3CCCO3)C(=O)c3cccc(OC)c3)C2=O)cc1. The second kappa shape index (κ2) is 10.0. The van der Waals surface area contributed by atoms with E-state index in [9.17, 15) is 14.4 Å². The summed E-state index contributed by atoms with van der Waals surface area (Å²) in [6.07, 6.45) is 1.47. The number of hydrogen-bond donors (Lipinski definition) is 0. The molecule has 2 aromatic carbocycles. The Kier molecular flexibility index (Phi) is 6.93. The van der Waals surface area contributed by atoms with E-state index in [4.69, 9.17) is 14.2 Å². The van der Waals surface area contributed by atoms with E-state index in [-0.39, 0.29) is 30.9 Å². The van der Waals surface area contributed by atoms with E-state index in [1.54, 1.807) is 48.5 Å². The Morgan fingerprint density at radius 3 is 2.61 bits per heavy atom. The van der Waals surface area contributed by atoms with E-state index >= 15 is 0 Å². The van der Waals surface area contributed by atoms with Gasteiger partial charge in [-0.25, -0.2) is 4.90 Å². The van der Waals surface area contributed by atoms with Crippen LogP contribution < -0.4 is 14.4 Å². The quantitative estimate of drug-likeness (QED) is 0.573. The summed E-state index contributed by atoms with van der Waals surface area (Å²) in [5.74, 6) is 0.111. The summed E-state index contributed by atoms with van der Waals surface area (Å²) in [6.45, 7) is 3.28. The predicted octanol–water partition coefficient (Wildman–Crippen LogP) is 3.05. The highest BCUT2D eigenvalue weighted by atomic mass is 16.5. The maximum absolute atomic E-state index is 13.5. The summed E-state index contributed by atoms with van der Waals surface area (Å²) in [4.78, 5) is 42.5. The molecule has 0 N–H and O–H groups in total. The molecule has 2 aliphatic heterocycles. The van der Waals surface area contributed by atoms with Crippen LogP contribution in [0.3, 0.4) is 0 Å². The Bertz CT molecular complexity index is 1020. The molecule has 0 bridgehead atoms. The van der Waals surface area contributed by atoms with Gasteiger partial charge in [-0.3, -0.25) is 14.4 Å². The van der Waals surface area contributed by atoms with Gasteiger partial charge in [-0.15, -0.1) is 0 Å². The Morgan fingerprint density at radius 1 is 1.15 bits per heavy atom. The van der Waals surface area contributed by atoms with Crippen LogP contribution in [0.2, 0.25) is 0 Å². The zero-order chi connectivity index (χ0) is 23.4. The number of methoxy groups -OCH3 is 1. The third-order valence-electron chi connectivity index (χ3n) is 5.91. The third-order valence-corrected chi connectivity index (χ3v) is 5.91. The number of anilines is 1. The zero-order valence-corrected chi connectivity index (χ0v) is 18.9. The van der Waals surface area contributed by atoms with Crippen LogP contribution in [0.25, 0.3) is 0 Å². The van der Waals surface area contributed by atoms with Crippen molar-refractivity contribution in [2.75, 3.05) is 31.8 Å². The van der Waals surface area contributed by atoms with Crippen molar-refractivity contribution in [3.63, 3.8) is 0 Å². The zero-order valence-electron chi connectivity index (χ0n) is 18.9. The van der Waals surface area contributed by atoms with Crippen molar-refractivity contribution in [3.8, 4) is 11.5 Å². The molecule has 2 fully saturated rings. The average Bonchev–Trinajstić information content (AvgIpc) is 3.45. The van der Waals surface area contributed by atoms with Crippen molar-refractivity contribution in [1.82, 2.24) is 4.90 Å². The molecule has 2 aromatic rings. The molecular formula is C25H28N2O6. The van der Waals surface area contributed by atoms with Gasteiger partial charge in [-0.2, -0.15) is 0 Å². The van der Waals surface area contributed by atoms with Gasteiger partial charge in [0.25, 0.3) is 11.8 Å². The van der Waals surface area contributed by atoms with E-state index in [2.05, 4.69) is 0 Å². The van der Waals surface area contributed by atoms with Gasteiger partial charge in [-0.05, 0) is 62.2 Å². The molecule has 3 amide bonds. The minimum absolute atomic E-state index is 0.0749.